The van der Waals surface area contributed by atoms with Gasteiger partial charge in [0, 0.05) is 11.4 Å². The molecule has 2 aromatic rings. The minimum Gasteiger partial charge on any atom is -0.250 e. The molecular weight excluding hydrogens is 226 g/mol. The van der Waals surface area contributed by atoms with Crippen molar-refractivity contribution >= 4 is 11.8 Å². The van der Waals surface area contributed by atoms with Gasteiger partial charge in [0.1, 0.15) is 0 Å². The molecule has 0 spiro atoms. The first-order valence-electron chi connectivity index (χ1n) is 5.63. The molecule has 1 unspecified atom stereocenters. The van der Waals surface area contributed by atoms with Gasteiger partial charge in [-0.2, -0.15) is 0 Å². The van der Waals surface area contributed by atoms with Crippen LogP contribution >= 0.6 is 11.8 Å². The lowest BCUT2D eigenvalue weighted by Crippen LogP contribution is -1.93. The van der Waals surface area contributed by atoms with Crippen molar-refractivity contribution in [3.05, 3.63) is 72.9 Å². The average molecular weight is 241 g/mol. The quantitative estimate of drug-likeness (QED) is 0.565. The molecule has 0 N–H and O–H groups in total. The van der Waals surface area contributed by atoms with E-state index in [1.807, 2.05) is 36.5 Å². The summed E-state index contributed by atoms with van der Waals surface area (Å²) in [5.74, 6) is 0. The van der Waals surface area contributed by atoms with E-state index < -0.39 is 0 Å². The molecule has 1 aromatic heterocycles. The SMILES string of the molecule is C=CCC(Sc1ccccn1)c1ccccc1. The molecule has 2 heteroatoms. The lowest BCUT2D eigenvalue weighted by molar-refractivity contribution is 0.962. The van der Waals surface area contributed by atoms with E-state index in [-0.39, 0.29) is 0 Å². The normalized spacial score (nSPS) is 12.0. The summed E-state index contributed by atoms with van der Waals surface area (Å²) >= 11 is 1.78. The van der Waals surface area contributed by atoms with Gasteiger partial charge in [-0.3, -0.25) is 0 Å². The molecule has 0 saturated heterocycles. The molecule has 0 amide bonds. The highest BCUT2D eigenvalue weighted by molar-refractivity contribution is 7.99. The van der Waals surface area contributed by atoms with Crippen molar-refractivity contribution in [3.8, 4) is 0 Å². The maximum Gasteiger partial charge on any atom is 0.0965 e. The minimum absolute atomic E-state index is 0.392. The fourth-order valence-corrected chi connectivity index (χ4v) is 2.73. The predicted octanol–water partition coefficient (Wildman–Crippen LogP) is 4.49. The summed E-state index contributed by atoms with van der Waals surface area (Å²) in [4.78, 5) is 4.35. The third kappa shape index (κ3) is 3.46. The van der Waals surface area contributed by atoms with Crippen LogP contribution in [0.3, 0.4) is 0 Å². The van der Waals surface area contributed by atoms with E-state index in [4.69, 9.17) is 0 Å². The Morgan fingerprint density at radius 3 is 2.53 bits per heavy atom. The summed E-state index contributed by atoms with van der Waals surface area (Å²) in [7, 11) is 0. The molecule has 1 heterocycles. The maximum atomic E-state index is 4.35. The number of rotatable bonds is 5. The van der Waals surface area contributed by atoms with Crippen molar-refractivity contribution in [2.24, 2.45) is 0 Å². The van der Waals surface area contributed by atoms with Crippen molar-refractivity contribution in [3.63, 3.8) is 0 Å². The molecule has 0 bridgehead atoms. The summed E-state index contributed by atoms with van der Waals surface area (Å²) in [6, 6.07) is 16.5. The smallest absolute Gasteiger partial charge is 0.0965 e. The van der Waals surface area contributed by atoms with Gasteiger partial charge in [-0.05, 0) is 24.1 Å². The number of nitrogens with zero attached hydrogens (tertiary/aromatic N) is 1. The van der Waals surface area contributed by atoms with Gasteiger partial charge in [0.05, 0.1) is 5.03 Å². The zero-order valence-electron chi connectivity index (χ0n) is 9.62. The molecule has 0 saturated carbocycles. The molecule has 0 fully saturated rings. The first-order chi connectivity index (χ1) is 8.40. The van der Waals surface area contributed by atoms with Crippen molar-refractivity contribution in [1.82, 2.24) is 4.98 Å². The molecule has 86 valence electrons. The Morgan fingerprint density at radius 2 is 1.88 bits per heavy atom. The highest BCUT2D eigenvalue weighted by Crippen LogP contribution is 2.36. The second-order valence-electron chi connectivity index (χ2n) is 3.71. The van der Waals surface area contributed by atoms with Crippen LogP contribution in [0.15, 0.2) is 72.4 Å². The van der Waals surface area contributed by atoms with Crippen molar-refractivity contribution in [2.45, 2.75) is 16.7 Å². The minimum atomic E-state index is 0.392. The zero-order chi connectivity index (χ0) is 11.9. The monoisotopic (exact) mass is 241 g/mol. The molecule has 0 aliphatic carbocycles. The van der Waals surface area contributed by atoms with Crippen molar-refractivity contribution in [1.29, 1.82) is 0 Å². The van der Waals surface area contributed by atoms with Gasteiger partial charge in [0.25, 0.3) is 0 Å². The Bertz CT molecular complexity index is 453. The van der Waals surface area contributed by atoms with Crippen LogP contribution in [0.2, 0.25) is 0 Å². The predicted molar refractivity (Wildman–Crippen MR) is 74.1 cm³/mol. The number of thioether (sulfide) groups is 1. The Kier molecular flexibility index (Phi) is 4.39. The van der Waals surface area contributed by atoms with Crippen LogP contribution in [0.5, 0.6) is 0 Å². The third-order valence-electron chi connectivity index (χ3n) is 2.45. The van der Waals surface area contributed by atoms with Crippen molar-refractivity contribution < 1.29 is 0 Å². The fourth-order valence-electron chi connectivity index (χ4n) is 1.63. The van der Waals surface area contributed by atoms with Gasteiger partial charge in [0.15, 0.2) is 0 Å². The van der Waals surface area contributed by atoms with Gasteiger partial charge in [0.2, 0.25) is 0 Å². The third-order valence-corrected chi connectivity index (χ3v) is 3.68. The summed E-state index contributed by atoms with van der Waals surface area (Å²) in [6.45, 7) is 3.83. The Hall–Kier alpha value is -1.54. The van der Waals surface area contributed by atoms with Crippen LogP contribution in [0.4, 0.5) is 0 Å². The summed E-state index contributed by atoms with van der Waals surface area (Å²) in [5, 5.41) is 1.45. The Balaban J connectivity index is 2.16. The summed E-state index contributed by atoms with van der Waals surface area (Å²) < 4.78 is 0. The van der Waals surface area contributed by atoms with E-state index in [0.717, 1.165) is 11.4 Å². The van der Waals surface area contributed by atoms with E-state index in [1.165, 1.54) is 5.56 Å². The summed E-state index contributed by atoms with van der Waals surface area (Å²) in [5.41, 5.74) is 1.32. The molecule has 1 nitrogen and oxygen atoms in total. The molecular formula is C15H15NS. The van der Waals surface area contributed by atoms with Crippen LogP contribution in [0.25, 0.3) is 0 Å². The maximum absolute atomic E-state index is 4.35. The Morgan fingerprint density at radius 1 is 1.12 bits per heavy atom. The molecule has 0 radical (unpaired) electrons. The molecule has 1 atom stereocenters. The molecule has 1 aromatic carbocycles. The van der Waals surface area contributed by atoms with E-state index >= 15 is 0 Å². The van der Waals surface area contributed by atoms with Gasteiger partial charge in [-0.15, -0.1) is 6.58 Å². The van der Waals surface area contributed by atoms with Gasteiger partial charge in [-0.25, -0.2) is 4.98 Å². The van der Waals surface area contributed by atoms with Gasteiger partial charge >= 0.3 is 0 Å². The first kappa shape index (κ1) is 11.9. The average Bonchev–Trinajstić information content (AvgIpc) is 2.40. The molecule has 0 aliphatic heterocycles. The number of hydrogen-bond donors (Lipinski definition) is 0. The number of aromatic nitrogens is 1. The topological polar surface area (TPSA) is 12.9 Å². The lowest BCUT2D eigenvalue weighted by atomic mass is 10.1. The fraction of sp³-hybridized carbons (Fsp3) is 0.133. The van der Waals surface area contributed by atoms with Crippen LogP contribution in [0.1, 0.15) is 17.2 Å². The van der Waals surface area contributed by atoms with Gasteiger partial charge < -0.3 is 0 Å². The second kappa shape index (κ2) is 6.26. The number of benzene rings is 1. The molecule has 2 rings (SSSR count). The van der Waals surface area contributed by atoms with E-state index in [9.17, 15) is 0 Å². The van der Waals surface area contributed by atoms with Gasteiger partial charge in [-0.1, -0.05) is 54.2 Å². The van der Waals surface area contributed by atoms with Crippen molar-refractivity contribution in [2.75, 3.05) is 0 Å². The first-order valence-corrected chi connectivity index (χ1v) is 6.51. The van der Waals surface area contributed by atoms with Crippen LogP contribution < -0.4 is 0 Å². The van der Waals surface area contributed by atoms with Crippen LogP contribution in [-0.4, -0.2) is 4.98 Å². The number of hydrogen-bond acceptors (Lipinski definition) is 2. The standard InChI is InChI=1S/C15H15NS/c1-2-8-14(13-9-4-3-5-10-13)17-15-11-6-7-12-16-15/h2-7,9-12,14H,1,8H2. The zero-order valence-corrected chi connectivity index (χ0v) is 10.4. The van der Waals surface area contributed by atoms with Crippen LogP contribution in [-0.2, 0) is 0 Å². The lowest BCUT2D eigenvalue weighted by Gasteiger charge is -2.14. The highest BCUT2D eigenvalue weighted by Gasteiger charge is 2.11. The molecule has 17 heavy (non-hydrogen) atoms. The van der Waals surface area contributed by atoms with Crippen LogP contribution in [0, 0.1) is 0 Å². The molecule has 0 aliphatic rings. The Labute approximate surface area is 107 Å². The van der Waals surface area contributed by atoms with E-state index in [1.54, 1.807) is 11.8 Å². The van der Waals surface area contributed by atoms with E-state index in [0.29, 0.717) is 5.25 Å². The highest BCUT2D eigenvalue weighted by atomic mass is 32.2. The number of allylic oxidation sites excluding steroid dienone is 1. The second-order valence-corrected chi connectivity index (χ2v) is 4.93. The summed E-state index contributed by atoms with van der Waals surface area (Å²) in [6.07, 6.45) is 4.75. The number of pyridine rings is 1. The van der Waals surface area contributed by atoms with E-state index in [2.05, 4.69) is 35.8 Å². The largest absolute Gasteiger partial charge is 0.250 e.